The van der Waals surface area contributed by atoms with Crippen LogP contribution < -0.4 is 4.74 Å². The van der Waals surface area contributed by atoms with Crippen molar-refractivity contribution in [2.75, 3.05) is 14.2 Å². The Morgan fingerprint density at radius 2 is 2.12 bits per heavy atom. The van der Waals surface area contributed by atoms with Gasteiger partial charge in [0.15, 0.2) is 0 Å². The highest BCUT2D eigenvalue weighted by atomic mass is 16.5. The zero-order chi connectivity index (χ0) is 24.5. The third-order valence-corrected chi connectivity index (χ3v) is 5.45. The summed E-state index contributed by atoms with van der Waals surface area (Å²) < 4.78 is 17.3. The van der Waals surface area contributed by atoms with Gasteiger partial charge in [-0.05, 0) is 55.2 Å². The molecule has 7 nitrogen and oxygen atoms in total. The molecule has 0 aliphatic heterocycles. The second-order valence-corrected chi connectivity index (χ2v) is 7.95. The van der Waals surface area contributed by atoms with Crippen molar-refractivity contribution < 1.29 is 14.2 Å². The van der Waals surface area contributed by atoms with Crippen LogP contribution >= 0.6 is 0 Å². The first-order chi connectivity index (χ1) is 16.5. The molecule has 0 saturated carbocycles. The Labute approximate surface area is 201 Å². The van der Waals surface area contributed by atoms with Gasteiger partial charge in [-0.25, -0.2) is 9.97 Å². The number of hydrogen-bond acceptors (Lipinski definition) is 5. The number of nitrogens with one attached hydrogen (secondary N) is 2. The van der Waals surface area contributed by atoms with Gasteiger partial charge in [0.2, 0.25) is 0 Å². The van der Waals surface area contributed by atoms with Crippen LogP contribution in [0, 0.1) is 0 Å². The highest BCUT2D eigenvalue weighted by Gasteiger charge is 2.18. The highest BCUT2D eigenvalue weighted by molar-refractivity contribution is 5.81. The molecule has 7 heteroatoms. The summed E-state index contributed by atoms with van der Waals surface area (Å²) in [4.78, 5) is 15.5. The fourth-order valence-electron chi connectivity index (χ4n) is 3.80. The van der Waals surface area contributed by atoms with Crippen molar-refractivity contribution in [3.8, 4) is 5.75 Å². The van der Waals surface area contributed by atoms with Gasteiger partial charge in [0.05, 0.1) is 31.8 Å². The number of fused-ring (bicyclic) bond motifs is 1. The monoisotopic (exact) mass is 462 g/mol. The smallest absolute Gasteiger partial charge is 0.137 e. The van der Waals surface area contributed by atoms with Gasteiger partial charge in [-0.2, -0.15) is 0 Å². The van der Waals surface area contributed by atoms with E-state index in [2.05, 4.69) is 40.0 Å². The summed E-state index contributed by atoms with van der Waals surface area (Å²) in [6.07, 6.45) is 13.5. The molecule has 180 valence electrons. The quantitative estimate of drug-likeness (QED) is 0.241. The molecule has 3 heterocycles. The van der Waals surface area contributed by atoms with E-state index in [4.69, 9.17) is 14.2 Å². The van der Waals surface area contributed by atoms with Crippen molar-refractivity contribution in [1.29, 1.82) is 0 Å². The van der Waals surface area contributed by atoms with Crippen molar-refractivity contribution in [1.82, 2.24) is 19.9 Å². The van der Waals surface area contributed by atoms with Gasteiger partial charge in [-0.1, -0.05) is 32.6 Å². The van der Waals surface area contributed by atoms with E-state index in [1.165, 1.54) is 0 Å². The van der Waals surface area contributed by atoms with Gasteiger partial charge in [-0.15, -0.1) is 0 Å². The van der Waals surface area contributed by atoms with Crippen LogP contribution in [0.15, 0.2) is 55.1 Å². The number of ether oxygens (including phenoxy) is 3. The minimum absolute atomic E-state index is 0.209. The number of pyridine rings is 1. The van der Waals surface area contributed by atoms with E-state index in [0.29, 0.717) is 13.0 Å². The Hall–Kier alpha value is -3.58. The topological polar surface area (TPSA) is 85.1 Å². The molecule has 0 aromatic carbocycles. The Bertz CT molecular complexity index is 1190. The molecule has 0 radical (unpaired) electrons. The maximum atomic E-state index is 6.23. The zero-order valence-electron chi connectivity index (χ0n) is 20.5. The average Bonchev–Trinajstić information content (AvgIpc) is 3.43. The molecule has 0 bridgehead atoms. The lowest BCUT2D eigenvalue weighted by atomic mass is 10.0. The number of imidazole rings is 1. The van der Waals surface area contributed by atoms with Gasteiger partial charge < -0.3 is 24.2 Å². The second-order valence-electron chi connectivity index (χ2n) is 7.95. The van der Waals surface area contributed by atoms with Crippen molar-refractivity contribution in [2.24, 2.45) is 0 Å². The van der Waals surface area contributed by atoms with E-state index >= 15 is 0 Å². The van der Waals surface area contributed by atoms with Crippen molar-refractivity contribution in [3.05, 3.63) is 77.9 Å². The number of aromatic nitrogens is 4. The van der Waals surface area contributed by atoms with Gasteiger partial charge in [0.1, 0.15) is 35.7 Å². The molecule has 0 aliphatic carbocycles. The molecule has 2 N–H and O–H groups in total. The molecule has 3 rings (SSSR count). The number of hydrogen-bond donors (Lipinski definition) is 2. The lowest BCUT2D eigenvalue weighted by Gasteiger charge is -2.19. The maximum absolute atomic E-state index is 6.23. The summed E-state index contributed by atoms with van der Waals surface area (Å²) in [5.41, 5.74) is 4.55. The molecule has 3 aromatic rings. The van der Waals surface area contributed by atoms with Crippen LogP contribution in [0.1, 0.15) is 49.5 Å². The van der Waals surface area contributed by atoms with Crippen LogP contribution in [0.3, 0.4) is 0 Å². The summed E-state index contributed by atoms with van der Waals surface area (Å²) in [6.45, 7) is 12.5. The molecule has 0 aliphatic rings. The van der Waals surface area contributed by atoms with E-state index in [9.17, 15) is 0 Å². The second kappa shape index (κ2) is 12.0. The molecule has 34 heavy (non-hydrogen) atoms. The average molecular weight is 463 g/mol. The predicted octanol–water partition coefficient (Wildman–Crippen LogP) is 5.99. The molecule has 3 aromatic heterocycles. The molecule has 0 saturated heterocycles. The molecule has 0 amide bonds. The Morgan fingerprint density at radius 3 is 2.79 bits per heavy atom. The summed E-state index contributed by atoms with van der Waals surface area (Å²) in [7, 11) is 3.30. The number of allylic oxidation sites excluding steroid dienone is 3. The van der Waals surface area contributed by atoms with E-state index in [0.717, 1.165) is 63.7 Å². The van der Waals surface area contributed by atoms with E-state index in [1.54, 1.807) is 26.5 Å². The zero-order valence-corrected chi connectivity index (χ0v) is 20.5. The van der Waals surface area contributed by atoms with Crippen molar-refractivity contribution in [2.45, 2.75) is 45.8 Å². The Kier molecular flexibility index (Phi) is 8.87. The fraction of sp³-hybridized carbons (Fsp3) is 0.333. The van der Waals surface area contributed by atoms with Crippen LogP contribution in [-0.2, 0) is 22.5 Å². The van der Waals surface area contributed by atoms with E-state index in [-0.39, 0.29) is 6.10 Å². The molecule has 1 atom stereocenters. The van der Waals surface area contributed by atoms with Crippen LogP contribution in [-0.4, -0.2) is 40.3 Å². The lowest BCUT2D eigenvalue weighted by molar-refractivity contribution is 0.0203. The molecule has 0 spiro atoms. The normalized spacial score (nSPS) is 12.9. The van der Waals surface area contributed by atoms with Crippen LogP contribution in [0.25, 0.3) is 23.2 Å². The van der Waals surface area contributed by atoms with Gasteiger partial charge >= 0.3 is 0 Å². The molecule has 0 fully saturated rings. The lowest BCUT2D eigenvalue weighted by Crippen LogP contribution is -2.18. The fourth-order valence-corrected chi connectivity index (χ4v) is 3.80. The largest absolute Gasteiger partial charge is 0.498 e. The Morgan fingerprint density at radius 1 is 1.29 bits per heavy atom. The standard InChI is InChI=1S/C27H34N4O3/c1-7-10-23-22(9-3)30-26(31-23)17-34-24(11-8-2)25(33-6)13-18(4)12-19-15-28-27-21(19)14-20(32-5)16-29-27/h7,9-10,13-16,24H,3-4,8,11-12,17H2,1-2,5-6H3,(H,28,29)(H,30,31)/b10-7-,25-13+. The third kappa shape index (κ3) is 6.05. The van der Waals surface area contributed by atoms with Crippen molar-refractivity contribution in [3.63, 3.8) is 0 Å². The number of rotatable bonds is 13. The number of nitrogens with zero attached hydrogens (tertiary/aromatic N) is 2. The maximum Gasteiger partial charge on any atom is 0.137 e. The summed E-state index contributed by atoms with van der Waals surface area (Å²) in [5, 5.41) is 1.02. The summed E-state index contributed by atoms with van der Waals surface area (Å²) >= 11 is 0. The van der Waals surface area contributed by atoms with Crippen molar-refractivity contribution >= 4 is 23.2 Å². The molecule has 1 unspecified atom stereocenters. The van der Waals surface area contributed by atoms with Crippen LogP contribution in [0.5, 0.6) is 5.75 Å². The summed E-state index contributed by atoms with van der Waals surface area (Å²) in [5.74, 6) is 2.21. The minimum Gasteiger partial charge on any atom is -0.498 e. The first kappa shape index (κ1) is 25.1. The Balaban J connectivity index is 1.74. The number of aromatic amines is 2. The van der Waals surface area contributed by atoms with Gasteiger partial charge in [0.25, 0.3) is 0 Å². The first-order valence-corrected chi connectivity index (χ1v) is 11.4. The predicted molar refractivity (Wildman–Crippen MR) is 137 cm³/mol. The van der Waals surface area contributed by atoms with Crippen LogP contribution in [0.4, 0.5) is 0 Å². The van der Waals surface area contributed by atoms with Gasteiger partial charge in [0, 0.05) is 11.6 Å². The third-order valence-electron chi connectivity index (χ3n) is 5.45. The van der Waals surface area contributed by atoms with E-state index in [1.807, 2.05) is 37.4 Å². The molecular formula is C27H34N4O3. The van der Waals surface area contributed by atoms with Crippen LogP contribution in [0.2, 0.25) is 0 Å². The van der Waals surface area contributed by atoms with Gasteiger partial charge in [-0.3, -0.25) is 0 Å². The number of methoxy groups -OCH3 is 2. The molecular weight excluding hydrogens is 428 g/mol. The minimum atomic E-state index is -0.209. The highest BCUT2D eigenvalue weighted by Crippen LogP contribution is 2.25. The summed E-state index contributed by atoms with van der Waals surface area (Å²) in [6, 6.07) is 1.98. The number of H-pyrrole nitrogens is 2. The first-order valence-electron chi connectivity index (χ1n) is 11.4. The van der Waals surface area contributed by atoms with E-state index < -0.39 is 0 Å². The SMILES string of the molecule is C=Cc1nc(COC(CCC)/C(=C\C(=C)Cc2c[nH]c3ncc(OC)cc23)OC)[nH]c1/C=C\C.